The third-order valence-corrected chi connectivity index (χ3v) is 3.56. The van der Waals surface area contributed by atoms with Gasteiger partial charge in [-0.15, -0.1) is 0 Å². The molecular formula is C15H18N2. The Morgan fingerprint density at radius 3 is 3.00 bits per heavy atom. The van der Waals surface area contributed by atoms with E-state index in [2.05, 4.69) is 47.7 Å². The van der Waals surface area contributed by atoms with E-state index < -0.39 is 0 Å². The maximum atomic E-state index is 3.40. The maximum absolute atomic E-state index is 3.40. The molecule has 0 atom stereocenters. The minimum atomic E-state index is 0.995. The molecule has 3 rings (SSSR count). The van der Waals surface area contributed by atoms with Crippen LogP contribution in [0.4, 0.5) is 0 Å². The fourth-order valence-electron chi connectivity index (χ4n) is 2.53. The van der Waals surface area contributed by atoms with Crippen LogP contribution in [0, 0.1) is 0 Å². The van der Waals surface area contributed by atoms with Gasteiger partial charge in [-0.25, -0.2) is 0 Å². The highest BCUT2D eigenvalue weighted by atomic mass is 14.8. The SMILES string of the molecule is CCc1ccc2c(C3=CCNCC3)c[nH]c2c1. The number of hydrogen-bond acceptors (Lipinski definition) is 1. The van der Waals surface area contributed by atoms with Gasteiger partial charge in [-0.3, -0.25) is 0 Å². The van der Waals surface area contributed by atoms with Crippen molar-refractivity contribution in [2.75, 3.05) is 13.1 Å². The average molecular weight is 226 g/mol. The average Bonchev–Trinajstić information content (AvgIpc) is 2.82. The number of H-pyrrole nitrogens is 1. The van der Waals surface area contributed by atoms with Crippen LogP contribution in [-0.4, -0.2) is 18.1 Å². The van der Waals surface area contributed by atoms with E-state index in [1.54, 1.807) is 0 Å². The van der Waals surface area contributed by atoms with E-state index in [4.69, 9.17) is 0 Å². The third kappa shape index (κ3) is 1.89. The number of aromatic amines is 1. The smallest absolute Gasteiger partial charge is 0.0463 e. The van der Waals surface area contributed by atoms with Crippen molar-refractivity contribution in [1.29, 1.82) is 0 Å². The third-order valence-electron chi connectivity index (χ3n) is 3.56. The van der Waals surface area contributed by atoms with E-state index in [9.17, 15) is 0 Å². The number of aromatic nitrogens is 1. The number of fused-ring (bicyclic) bond motifs is 1. The summed E-state index contributed by atoms with van der Waals surface area (Å²) in [5, 5.41) is 4.71. The molecule has 2 heterocycles. The van der Waals surface area contributed by atoms with Crippen LogP contribution in [-0.2, 0) is 6.42 Å². The Morgan fingerprint density at radius 1 is 1.29 bits per heavy atom. The molecule has 0 aliphatic carbocycles. The highest BCUT2D eigenvalue weighted by molar-refractivity contribution is 5.93. The molecule has 2 nitrogen and oxygen atoms in total. The summed E-state index contributed by atoms with van der Waals surface area (Å²) in [5.74, 6) is 0. The van der Waals surface area contributed by atoms with Gasteiger partial charge < -0.3 is 10.3 Å². The summed E-state index contributed by atoms with van der Waals surface area (Å²) in [6, 6.07) is 6.75. The van der Waals surface area contributed by atoms with Crippen LogP contribution >= 0.6 is 0 Å². The summed E-state index contributed by atoms with van der Waals surface area (Å²) in [6.07, 6.45) is 6.68. The molecule has 0 bridgehead atoms. The van der Waals surface area contributed by atoms with Crippen LogP contribution in [0.25, 0.3) is 16.5 Å². The summed E-state index contributed by atoms with van der Waals surface area (Å²) in [6.45, 7) is 4.28. The van der Waals surface area contributed by atoms with Crippen molar-refractivity contribution in [2.24, 2.45) is 0 Å². The van der Waals surface area contributed by atoms with Gasteiger partial charge in [0.05, 0.1) is 0 Å². The number of benzene rings is 1. The second-order valence-corrected chi connectivity index (χ2v) is 4.62. The minimum absolute atomic E-state index is 0.995. The normalized spacial score (nSPS) is 16.2. The highest BCUT2D eigenvalue weighted by Crippen LogP contribution is 2.28. The fraction of sp³-hybridized carbons (Fsp3) is 0.333. The van der Waals surface area contributed by atoms with Crippen molar-refractivity contribution >= 4 is 16.5 Å². The Balaban J connectivity index is 2.08. The second kappa shape index (κ2) is 4.38. The van der Waals surface area contributed by atoms with Crippen LogP contribution in [0.2, 0.25) is 0 Å². The zero-order valence-electron chi connectivity index (χ0n) is 10.2. The Labute approximate surface area is 102 Å². The zero-order valence-corrected chi connectivity index (χ0v) is 10.2. The number of nitrogens with one attached hydrogen (secondary N) is 2. The molecule has 1 aliphatic heterocycles. The van der Waals surface area contributed by atoms with E-state index in [0.717, 1.165) is 25.9 Å². The van der Waals surface area contributed by atoms with Gasteiger partial charge in [0.15, 0.2) is 0 Å². The molecule has 2 aromatic rings. The van der Waals surface area contributed by atoms with Crippen LogP contribution in [0.5, 0.6) is 0 Å². The molecule has 1 aromatic carbocycles. The summed E-state index contributed by atoms with van der Waals surface area (Å²) < 4.78 is 0. The lowest BCUT2D eigenvalue weighted by atomic mass is 9.99. The van der Waals surface area contributed by atoms with Crippen molar-refractivity contribution in [2.45, 2.75) is 19.8 Å². The minimum Gasteiger partial charge on any atom is -0.361 e. The first-order valence-corrected chi connectivity index (χ1v) is 6.38. The number of aryl methyl sites for hydroxylation is 1. The maximum Gasteiger partial charge on any atom is 0.0463 e. The molecule has 0 spiro atoms. The molecule has 0 fully saturated rings. The molecule has 2 N–H and O–H groups in total. The molecule has 17 heavy (non-hydrogen) atoms. The molecular weight excluding hydrogens is 208 g/mol. The van der Waals surface area contributed by atoms with Gasteiger partial charge in [-0.05, 0) is 36.6 Å². The van der Waals surface area contributed by atoms with Crippen molar-refractivity contribution in [3.63, 3.8) is 0 Å². The Hall–Kier alpha value is -1.54. The predicted molar refractivity (Wildman–Crippen MR) is 73.1 cm³/mol. The molecule has 0 amide bonds. The lowest BCUT2D eigenvalue weighted by Gasteiger charge is -2.13. The van der Waals surface area contributed by atoms with Crippen molar-refractivity contribution in [1.82, 2.24) is 10.3 Å². The standard InChI is InChI=1S/C15H18N2/c1-2-11-3-4-13-14(10-17-15(13)9-11)12-5-7-16-8-6-12/h3-5,9-10,16-17H,2,6-8H2,1H3. The Bertz CT molecular complexity index is 563. The quantitative estimate of drug-likeness (QED) is 0.809. The topological polar surface area (TPSA) is 27.8 Å². The molecule has 0 saturated carbocycles. The zero-order chi connectivity index (χ0) is 11.7. The molecule has 0 saturated heterocycles. The van der Waals surface area contributed by atoms with Crippen LogP contribution in [0.3, 0.4) is 0 Å². The molecule has 88 valence electrons. The van der Waals surface area contributed by atoms with Gasteiger partial charge in [-0.1, -0.05) is 25.1 Å². The van der Waals surface area contributed by atoms with Gasteiger partial charge in [-0.2, -0.15) is 0 Å². The molecule has 0 radical (unpaired) electrons. The van der Waals surface area contributed by atoms with Gasteiger partial charge >= 0.3 is 0 Å². The van der Waals surface area contributed by atoms with Crippen LogP contribution < -0.4 is 5.32 Å². The van der Waals surface area contributed by atoms with Crippen molar-refractivity contribution in [3.8, 4) is 0 Å². The summed E-state index contributed by atoms with van der Waals surface area (Å²) >= 11 is 0. The van der Waals surface area contributed by atoms with Gasteiger partial charge in [0.25, 0.3) is 0 Å². The first kappa shape index (κ1) is 10.6. The van der Waals surface area contributed by atoms with Crippen LogP contribution in [0.15, 0.2) is 30.5 Å². The van der Waals surface area contributed by atoms with Crippen molar-refractivity contribution < 1.29 is 0 Å². The first-order chi connectivity index (χ1) is 8.38. The highest BCUT2D eigenvalue weighted by Gasteiger charge is 2.10. The molecule has 1 aliphatic rings. The number of hydrogen-bond donors (Lipinski definition) is 2. The monoisotopic (exact) mass is 226 g/mol. The van der Waals surface area contributed by atoms with E-state index in [-0.39, 0.29) is 0 Å². The fourth-order valence-corrected chi connectivity index (χ4v) is 2.53. The van der Waals surface area contributed by atoms with Crippen molar-refractivity contribution in [3.05, 3.63) is 41.6 Å². The summed E-state index contributed by atoms with van der Waals surface area (Å²) in [4.78, 5) is 3.40. The van der Waals surface area contributed by atoms with E-state index in [1.807, 2.05) is 0 Å². The van der Waals surface area contributed by atoms with Crippen LogP contribution in [0.1, 0.15) is 24.5 Å². The Kier molecular flexibility index (Phi) is 2.73. The predicted octanol–water partition coefficient (Wildman–Crippen LogP) is 3.11. The molecule has 2 heteroatoms. The lowest BCUT2D eigenvalue weighted by Crippen LogP contribution is -2.19. The largest absolute Gasteiger partial charge is 0.361 e. The Morgan fingerprint density at radius 2 is 2.24 bits per heavy atom. The second-order valence-electron chi connectivity index (χ2n) is 4.62. The first-order valence-electron chi connectivity index (χ1n) is 6.38. The van der Waals surface area contributed by atoms with Gasteiger partial charge in [0, 0.05) is 29.2 Å². The lowest BCUT2D eigenvalue weighted by molar-refractivity contribution is 0.739. The van der Waals surface area contributed by atoms with E-state index >= 15 is 0 Å². The van der Waals surface area contributed by atoms with E-state index in [0.29, 0.717) is 0 Å². The van der Waals surface area contributed by atoms with Gasteiger partial charge in [0.2, 0.25) is 0 Å². The van der Waals surface area contributed by atoms with Gasteiger partial charge in [0.1, 0.15) is 0 Å². The summed E-state index contributed by atoms with van der Waals surface area (Å²) in [7, 11) is 0. The molecule has 1 aromatic heterocycles. The summed E-state index contributed by atoms with van der Waals surface area (Å²) in [5.41, 5.74) is 5.51. The molecule has 0 unspecified atom stereocenters. The van der Waals surface area contributed by atoms with E-state index in [1.165, 1.54) is 27.6 Å². The number of rotatable bonds is 2.